The maximum Gasteiger partial charge on any atom is 0.419 e. The third kappa shape index (κ3) is 6.46. The average molecular weight is 602 g/mol. The van der Waals surface area contributed by atoms with Gasteiger partial charge >= 0.3 is 6.18 Å². The number of sulfonamides is 1. The number of hydrogen-bond acceptors (Lipinski definition) is 7. The smallest absolute Gasteiger partial charge is 0.419 e. The van der Waals surface area contributed by atoms with Gasteiger partial charge in [-0.1, -0.05) is 0 Å². The molecule has 1 fully saturated rings. The standard InChI is InChI=1S/C24H23BrF3N3O5S/c1-23(9-10-29-14-23)36-21-11-15(3-8-19(21)24(26,27)28)31-37(32,33)18-12-20(25)22(30-13-18)35-17-6-4-16(34-2)5-7-17/h3-8,11-13,29,31H,9-10,14H2,1-2H3/t23-/m1/s1. The van der Waals surface area contributed by atoms with Crippen molar-refractivity contribution in [2.24, 2.45) is 0 Å². The Bertz CT molecular complexity index is 1380. The van der Waals surface area contributed by atoms with E-state index in [4.69, 9.17) is 14.2 Å². The van der Waals surface area contributed by atoms with Crippen molar-refractivity contribution in [3.8, 4) is 23.1 Å². The van der Waals surface area contributed by atoms with E-state index in [0.29, 0.717) is 31.0 Å². The largest absolute Gasteiger partial charge is 0.497 e. The highest BCUT2D eigenvalue weighted by atomic mass is 79.9. The van der Waals surface area contributed by atoms with Crippen molar-refractivity contribution < 1.29 is 35.8 Å². The molecule has 1 aromatic heterocycles. The molecule has 0 spiro atoms. The highest BCUT2D eigenvalue weighted by molar-refractivity contribution is 9.10. The van der Waals surface area contributed by atoms with Crippen LogP contribution in [0.5, 0.6) is 23.1 Å². The number of pyridine rings is 1. The lowest BCUT2D eigenvalue weighted by atomic mass is 10.1. The summed E-state index contributed by atoms with van der Waals surface area (Å²) in [4.78, 5) is 3.84. The summed E-state index contributed by atoms with van der Waals surface area (Å²) in [6, 6.07) is 10.8. The van der Waals surface area contributed by atoms with Crippen LogP contribution >= 0.6 is 15.9 Å². The molecule has 1 saturated heterocycles. The number of anilines is 1. The van der Waals surface area contributed by atoms with Crippen LogP contribution in [0.25, 0.3) is 0 Å². The van der Waals surface area contributed by atoms with Crippen LogP contribution in [0.4, 0.5) is 18.9 Å². The minimum Gasteiger partial charge on any atom is -0.497 e. The van der Waals surface area contributed by atoms with Crippen molar-refractivity contribution in [2.45, 2.75) is 30.0 Å². The molecule has 2 aromatic carbocycles. The lowest BCUT2D eigenvalue weighted by molar-refractivity contribution is -0.139. The van der Waals surface area contributed by atoms with E-state index in [2.05, 4.69) is 31.0 Å². The van der Waals surface area contributed by atoms with Crippen LogP contribution < -0.4 is 24.2 Å². The molecule has 0 radical (unpaired) electrons. The summed E-state index contributed by atoms with van der Waals surface area (Å²) in [6.45, 7) is 2.66. The molecule has 0 bridgehead atoms. The minimum atomic E-state index is -4.68. The second-order valence-corrected chi connectivity index (χ2v) is 11.1. The van der Waals surface area contributed by atoms with Crippen LogP contribution in [-0.4, -0.2) is 39.2 Å². The van der Waals surface area contributed by atoms with E-state index >= 15 is 0 Å². The SMILES string of the molecule is COc1ccc(Oc2ncc(S(=O)(=O)Nc3ccc(C(F)(F)F)c(O[C@]4(C)CCNC4)c3)cc2Br)cc1. The first kappa shape index (κ1) is 27.0. The number of aromatic nitrogens is 1. The van der Waals surface area contributed by atoms with E-state index in [0.717, 1.165) is 24.4 Å². The lowest BCUT2D eigenvalue weighted by Gasteiger charge is -2.27. The Labute approximate surface area is 220 Å². The van der Waals surface area contributed by atoms with Crippen molar-refractivity contribution in [2.75, 3.05) is 24.9 Å². The van der Waals surface area contributed by atoms with Crippen molar-refractivity contribution >= 4 is 31.6 Å². The fraction of sp³-hybridized carbons (Fsp3) is 0.292. The molecule has 2 heterocycles. The fourth-order valence-corrected chi connectivity index (χ4v) is 5.25. The van der Waals surface area contributed by atoms with Gasteiger partial charge in [-0.3, -0.25) is 4.72 Å². The van der Waals surface area contributed by atoms with Gasteiger partial charge < -0.3 is 19.5 Å². The highest BCUT2D eigenvalue weighted by Crippen LogP contribution is 2.40. The van der Waals surface area contributed by atoms with Crippen molar-refractivity contribution in [1.82, 2.24) is 10.3 Å². The molecule has 0 unspecified atom stereocenters. The van der Waals surface area contributed by atoms with Gasteiger partial charge in [-0.05, 0) is 71.9 Å². The molecule has 198 valence electrons. The van der Waals surface area contributed by atoms with Gasteiger partial charge in [0.25, 0.3) is 10.0 Å². The quantitative estimate of drug-likeness (QED) is 0.347. The van der Waals surface area contributed by atoms with E-state index in [1.54, 1.807) is 31.2 Å². The Hall–Kier alpha value is -3.03. The minimum absolute atomic E-state index is 0.0905. The maximum absolute atomic E-state index is 13.6. The van der Waals surface area contributed by atoms with E-state index < -0.39 is 33.1 Å². The number of nitrogens with zero attached hydrogens (tertiary/aromatic N) is 1. The van der Waals surface area contributed by atoms with E-state index in [9.17, 15) is 21.6 Å². The molecule has 2 N–H and O–H groups in total. The number of rotatable bonds is 8. The summed E-state index contributed by atoms with van der Waals surface area (Å²) >= 11 is 3.25. The zero-order chi connectivity index (χ0) is 26.8. The molecule has 0 amide bonds. The zero-order valence-corrected chi connectivity index (χ0v) is 22.1. The molecule has 1 aliphatic rings. The van der Waals surface area contributed by atoms with Crippen LogP contribution in [0, 0.1) is 0 Å². The monoisotopic (exact) mass is 601 g/mol. The number of methoxy groups -OCH3 is 1. The molecule has 1 atom stereocenters. The molecule has 3 aromatic rings. The predicted octanol–water partition coefficient (Wildman–Crippen LogP) is 5.60. The molecule has 13 heteroatoms. The highest BCUT2D eigenvalue weighted by Gasteiger charge is 2.38. The number of hydrogen-bond donors (Lipinski definition) is 2. The molecule has 4 rings (SSSR count). The van der Waals surface area contributed by atoms with Crippen LogP contribution in [-0.2, 0) is 16.2 Å². The Kier molecular flexibility index (Phi) is 7.58. The van der Waals surface area contributed by atoms with E-state index in [1.807, 2.05) is 0 Å². The summed E-state index contributed by atoms with van der Waals surface area (Å²) in [5.74, 6) is 0.748. The molecule has 0 saturated carbocycles. The third-order valence-corrected chi connectivity index (χ3v) is 7.51. The number of nitrogens with one attached hydrogen (secondary N) is 2. The summed E-state index contributed by atoms with van der Waals surface area (Å²) in [6.07, 6.45) is -3.09. The van der Waals surface area contributed by atoms with Gasteiger partial charge in [0.2, 0.25) is 5.88 Å². The molecule has 37 heavy (non-hydrogen) atoms. The average Bonchev–Trinajstić information content (AvgIpc) is 3.25. The van der Waals surface area contributed by atoms with E-state index in [1.165, 1.54) is 13.2 Å². The molecule has 1 aliphatic heterocycles. The Morgan fingerprint density at radius 3 is 2.41 bits per heavy atom. The number of halogens is 4. The third-order valence-electron chi connectivity index (χ3n) is 5.59. The second-order valence-electron chi connectivity index (χ2n) is 8.53. The number of ether oxygens (including phenoxy) is 3. The van der Waals surface area contributed by atoms with Crippen LogP contribution in [0.3, 0.4) is 0 Å². The van der Waals surface area contributed by atoms with Gasteiger partial charge in [0.05, 0.1) is 29.0 Å². The van der Waals surface area contributed by atoms with E-state index in [-0.39, 0.29) is 20.9 Å². The topological polar surface area (TPSA) is 98.8 Å². The molecular formula is C24H23BrF3N3O5S. The molecular weight excluding hydrogens is 579 g/mol. The summed E-state index contributed by atoms with van der Waals surface area (Å²) in [5, 5.41) is 3.05. The fourth-order valence-electron chi connectivity index (χ4n) is 3.65. The van der Waals surface area contributed by atoms with Crippen molar-refractivity contribution in [3.63, 3.8) is 0 Å². The molecule has 8 nitrogen and oxygen atoms in total. The number of benzene rings is 2. The first-order valence-corrected chi connectivity index (χ1v) is 13.3. The van der Waals surface area contributed by atoms with Crippen LogP contribution in [0.15, 0.2) is 64.1 Å². The van der Waals surface area contributed by atoms with Gasteiger partial charge in [0, 0.05) is 19.0 Å². The maximum atomic E-state index is 13.6. The van der Waals surface area contributed by atoms with Crippen molar-refractivity contribution in [3.05, 3.63) is 64.8 Å². The lowest BCUT2D eigenvalue weighted by Crippen LogP contribution is -2.35. The molecule has 0 aliphatic carbocycles. The van der Waals surface area contributed by atoms with Crippen molar-refractivity contribution in [1.29, 1.82) is 0 Å². The van der Waals surface area contributed by atoms with Gasteiger partial charge in [-0.25, -0.2) is 13.4 Å². The number of alkyl halides is 3. The predicted molar refractivity (Wildman–Crippen MR) is 134 cm³/mol. The van der Waals surface area contributed by atoms with Gasteiger partial charge in [0.1, 0.15) is 27.7 Å². The van der Waals surface area contributed by atoms with Gasteiger partial charge in [-0.2, -0.15) is 13.2 Å². The Morgan fingerprint density at radius 1 is 1.11 bits per heavy atom. The van der Waals surface area contributed by atoms with Crippen LogP contribution in [0.1, 0.15) is 18.9 Å². The van der Waals surface area contributed by atoms with Gasteiger partial charge in [0.15, 0.2) is 0 Å². The van der Waals surface area contributed by atoms with Gasteiger partial charge in [-0.15, -0.1) is 0 Å². The van der Waals surface area contributed by atoms with Crippen LogP contribution in [0.2, 0.25) is 0 Å². The first-order valence-electron chi connectivity index (χ1n) is 11.0. The normalized spacial score (nSPS) is 17.9. The zero-order valence-electron chi connectivity index (χ0n) is 19.7. The summed E-state index contributed by atoms with van der Waals surface area (Å²) in [5.41, 5.74) is -1.94. The Morgan fingerprint density at radius 2 is 1.81 bits per heavy atom. The second kappa shape index (κ2) is 10.4. The summed E-state index contributed by atoms with van der Waals surface area (Å²) in [7, 11) is -2.67. The first-order chi connectivity index (χ1) is 17.4. The summed E-state index contributed by atoms with van der Waals surface area (Å²) < 4.78 is 85.8. The Balaban J connectivity index is 1.56.